The van der Waals surface area contributed by atoms with Gasteiger partial charge in [-0.05, 0) is 79.3 Å². The van der Waals surface area contributed by atoms with E-state index in [-0.39, 0.29) is 6.42 Å². The molecule has 0 saturated carbocycles. The van der Waals surface area contributed by atoms with Crippen LogP contribution in [-0.2, 0) is 11.2 Å². The molecule has 4 nitrogen and oxygen atoms in total. The third kappa shape index (κ3) is 6.08. The molecular weight excluding hydrogens is 368 g/mol. The molecule has 1 aromatic heterocycles. The van der Waals surface area contributed by atoms with Crippen LogP contribution in [0.3, 0.4) is 0 Å². The van der Waals surface area contributed by atoms with Crippen molar-refractivity contribution in [3.8, 4) is 0 Å². The second kappa shape index (κ2) is 10.2. The minimum Gasteiger partial charge on any atom is -0.481 e. The Balaban J connectivity index is 0.000000129. The van der Waals surface area contributed by atoms with Gasteiger partial charge in [0.1, 0.15) is 0 Å². The first-order valence-corrected chi connectivity index (χ1v) is 10.7. The molecule has 3 fully saturated rings. The fraction of sp³-hybridized carbons (Fsp3) is 0.348. The van der Waals surface area contributed by atoms with Crippen molar-refractivity contribution in [1.29, 1.82) is 0 Å². The summed E-state index contributed by atoms with van der Waals surface area (Å²) in [6.07, 6.45) is 4.57. The number of nitrogens with zero attached hydrogens (tertiary/aromatic N) is 1. The van der Waals surface area contributed by atoms with Crippen molar-refractivity contribution in [3.63, 3.8) is 0 Å². The van der Waals surface area contributed by atoms with E-state index in [9.17, 15) is 4.79 Å². The van der Waals surface area contributed by atoms with E-state index in [1.807, 2.05) is 60.0 Å². The molecule has 3 aliphatic rings. The first kappa shape index (κ1) is 20.4. The van der Waals surface area contributed by atoms with Gasteiger partial charge in [-0.25, -0.2) is 0 Å². The first-order valence-electron chi connectivity index (χ1n) is 9.81. The molecule has 0 spiro atoms. The number of aliphatic carboxylic acids is 1. The van der Waals surface area contributed by atoms with Crippen LogP contribution in [0, 0.1) is 5.92 Å². The molecular formula is C23H28N2O2S. The van der Waals surface area contributed by atoms with Gasteiger partial charge in [0.05, 0.1) is 6.42 Å². The van der Waals surface area contributed by atoms with Crippen LogP contribution in [0.4, 0.5) is 5.69 Å². The van der Waals surface area contributed by atoms with Crippen molar-refractivity contribution in [2.75, 3.05) is 25.4 Å². The summed E-state index contributed by atoms with van der Waals surface area (Å²) in [6, 6.07) is 17.3. The van der Waals surface area contributed by atoms with E-state index in [0.29, 0.717) is 0 Å². The van der Waals surface area contributed by atoms with E-state index in [0.717, 1.165) is 27.3 Å². The number of carbonyl (C=O) groups is 1. The number of hydrogen-bond acceptors (Lipinski definition) is 4. The summed E-state index contributed by atoms with van der Waals surface area (Å²) in [5, 5.41) is 11.6. The second-order valence-corrected chi connectivity index (χ2v) is 8.22. The third-order valence-electron chi connectivity index (χ3n) is 5.26. The highest BCUT2D eigenvalue weighted by atomic mass is 32.1. The van der Waals surface area contributed by atoms with Gasteiger partial charge >= 0.3 is 5.97 Å². The van der Waals surface area contributed by atoms with Crippen molar-refractivity contribution in [2.45, 2.75) is 25.7 Å². The highest BCUT2D eigenvalue weighted by molar-refractivity contribution is 7.17. The molecule has 2 bridgehead atoms. The fourth-order valence-corrected chi connectivity index (χ4v) is 4.61. The normalized spacial score (nSPS) is 19.9. The van der Waals surface area contributed by atoms with Gasteiger partial charge in [-0.1, -0.05) is 36.4 Å². The maximum atomic E-state index is 10.5. The number of carboxylic acid groups (broad SMARTS) is 1. The SMILES string of the molecule is C1CN2CCC1CC2.Nc1ccccc1.O=C(O)Cc1csc2ccccc12. The Labute approximate surface area is 170 Å². The molecule has 3 aromatic rings. The summed E-state index contributed by atoms with van der Waals surface area (Å²) in [4.78, 5) is 13.1. The number of para-hydroxylation sites is 1. The summed E-state index contributed by atoms with van der Waals surface area (Å²) in [5.41, 5.74) is 7.09. The number of rotatable bonds is 2. The van der Waals surface area contributed by atoms with E-state index in [4.69, 9.17) is 10.8 Å². The van der Waals surface area contributed by atoms with Crippen LogP contribution in [0.25, 0.3) is 10.1 Å². The zero-order valence-electron chi connectivity index (χ0n) is 16.1. The van der Waals surface area contributed by atoms with E-state index >= 15 is 0 Å². The number of nitrogens with two attached hydrogens (primary N) is 1. The zero-order chi connectivity index (χ0) is 19.8. The zero-order valence-corrected chi connectivity index (χ0v) is 16.9. The fourth-order valence-electron chi connectivity index (χ4n) is 3.65. The highest BCUT2D eigenvalue weighted by Crippen LogP contribution is 2.26. The number of thiophene rings is 1. The predicted octanol–water partition coefficient (Wildman–Crippen LogP) is 4.90. The lowest BCUT2D eigenvalue weighted by Crippen LogP contribution is -2.41. The number of anilines is 1. The summed E-state index contributed by atoms with van der Waals surface area (Å²) >= 11 is 1.59. The van der Waals surface area contributed by atoms with Crippen molar-refractivity contribution >= 4 is 33.1 Å². The number of nitrogen functional groups attached to an aromatic ring is 1. The summed E-state index contributed by atoms with van der Waals surface area (Å²) in [6.45, 7) is 4.18. The Morgan fingerprint density at radius 2 is 1.61 bits per heavy atom. The molecule has 0 atom stereocenters. The van der Waals surface area contributed by atoms with Crippen LogP contribution in [0.2, 0.25) is 0 Å². The van der Waals surface area contributed by atoms with Gasteiger partial charge in [0.25, 0.3) is 0 Å². The molecule has 6 rings (SSSR count). The van der Waals surface area contributed by atoms with E-state index in [1.165, 1.54) is 38.9 Å². The van der Waals surface area contributed by atoms with Gasteiger partial charge in [0.15, 0.2) is 0 Å². The lowest BCUT2D eigenvalue weighted by molar-refractivity contribution is -0.136. The molecule has 0 aliphatic carbocycles. The lowest BCUT2D eigenvalue weighted by Gasteiger charge is -2.38. The Morgan fingerprint density at radius 1 is 1.00 bits per heavy atom. The molecule has 3 N–H and O–H groups in total. The Morgan fingerprint density at radius 3 is 2.07 bits per heavy atom. The van der Waals surface area contributed by atoms with E-state index in [1.54, 1.807) is 11.3 Å². The van der Waals surface area contributed by atoms with Crippen molar-refractivity contribution in [2.24, 2.45) is 5.92 Å². The second-order valence-electron chi connectivity index (χ2n) is 7.31. The maximum Gasteiger partial charge on any atom is 0.307 e. The summed E-state index contributed by atoms with van der Waals surface area (Å²) < 4.78 is 1.15. The van der Waals surface area contributed by atoms with Crippen LogP contribution < -0.4 is 5.73 Å². The number of benzene rings is 2. The molecule has 5 heteroatoms. The molecule has 28 heavy (non-hydrogen) atoms. The van der Waals surface area contributed by atoms with Crippen LogP contribution in [0.15, 0.2) is 60.0 Å². The number of hydrogen-bond donors (Lipinski definition) is 2. The average molecular weight is 397 g/mol. The molecule has 0 unspecified atom stereocenters. The Bertz CT molecular complexity index is 847. The van der Waals surface area contributed by atoms with Gasteiger partial charge in [0, 0.05) is 10.4 Å². The van der Waals surface area contributed by atoms with E-state index in [2.05, 4.69) is 4.90 Å². The van der Waals surface area contributed by atoms with Gasteiger partial charge < -0.3 is 15.7 Å². The number of piperidine rings is 3. The minimum atomic E-state index is -0.774. The third-order valence-corrected chi connectivity index (χ3v) is 6.28. The Kier molecular flexibility index (Phi) is 7.46. The van der Waals surface area contributed by atoms with Gasteiger partial charge in [-0.2, -0.15) is 0 Å². The quantitative estimate of drug-likeness (QED) is 0.605. The molecule has 0 amide bonds. The standard InChI is InChI=1S/C10H8O2S.C7H13N.C6H7N/c11-10(12)5-7-6-13-9-4-2-1-3-8(7)9;1-4-8-5-2-7(1)3-6-8;7-6-4-2-1-3-5-6/h1-4,6H,5H2,(H,11,12);7H,1-6H2;1-5H,7H2. The minimum absolute atomic E-state index is 0.115. The number of carboxylic acids is 1. The monoisotopic (exact) mass is 396 g/mol. The highest BCUT2D eigenvalue weighted by Gasteiger charge is 2.24. The first-order chi connectivity index (χ1) is 13.6. The van der Waals surface area contributed by atoms with Gasteiger partial charge in [0.2, 0.25) is 0 Å². The molecule has 3 saturated heterocycles. The van der Waals surface area contributed by atoms with Crippen molar-refractivity contribution in [3.05, 3.63) is 65.5 Å². The summed E-state index contributed by atoms with van der Waals surface area (Å²) in [7, 11) is 0. The topological polar surface area (TPSA) is 66.6 Å². The van der Waals surface area contributed by atoms with Crippen LogP contribution in [0.5, 0.6) is 0 Å². The maximum absolute atomic E-state index is 10.5. The smallest absolute Gasteiger partial charge is 0.307 e. The van der Waals surface area contributed by atoms with Gasteiger partial charge in [-0.15, -0.1) is 11.3 Å². The number of fused-ring (bicyclic) bond motifs is 4. The van der Waals surface area contributed by atoms with Crippen LogP contribution >= 0.6 is 11.3 Å². The Hall–Kier alpha value is -2.37. The van der Waals surface area contributed by atoms with Crippen LogP contribution in [0.1, 0.15) is 24.8 Å². The van der Waals surface area contributed by atoms with E-state index < -0.39 is 5.97 Å². The van der Waals surface area contributed by atoms with Crippen molar-refractivity contribution < 1.29 is 9.90 Å². The van der Waals surface area contributed by atoms with Gasteiger partial charge in [-0.3, -0.25) is 4.79 Å². The lowest BCUT2D eigenvalue weighted by atomic mass is 9.89. The molecule has 148 valence electrons. The summed E-state index contributed by atoms with van der Waals surface area (Å²) in [5.74, 6) is 0.337. The predicted molar refractivity (Wildman–Crippen MR) is 118 cm³/mol. The average Bonchev–Trinajstić information content (AvgIpc) is 3.13. The van der Waals surface area contributed by atoms with Crippen molar-refractivity contribution in [1.82, 2.24) is 4.90 Å². The molecule has 0 radical (unpaired) electrons. The van der Waals surface area contributed by atoms with Crippen LogP contribution in [-0.4, -0.2) is 35.6 Å². The molecule has 3 aliphatic heterocycles. The molecule has 2 aromatic carbocycles. The molecule has 4 heterocycles. The largest absolute Gasteiger partial charge is 0.481 e.